The van der Waals surface area contributed by atoms with E-state index in [1.807, 2.05) is 0 Å². The van der Waals surface area contributed by atoms with E-state index in [-0.39, 0.29) is 10.5 Å². The van der Waals surface area contributed by atoms with Gasteiger partial charge in [0.1, 0.15) is 5.75 Å². The fourth-order valence-corrected chi connectivity index (χ4v) is 2.84. The molecule has 0 aliphatic heterocycles. The number of ether oxygens (including phenoxy) is 2. The van der Waals surface area contributed by atoms with Crippen LogP contribution < -0.4 is 10.1 Å². The number of aryl methyl sites for hydroxylation is 1. The topological polar surface area (TPSA) is 98.8 Å². The van der Waals surface area contributed by atoms with Gasteiger partial charge in [-0.3, -0.25) is 4.79 Å². The highest BCUT2D eigenvalue weighted by molar-refractivity contribution is 7.90. The van der Waals surface area contributed by atoms with Gasteiger partial charge < -0.3 is 14.8 Å². The maximum atomic E-state index is 12.2. The van der Waals surface area contributed by atoms with E-state index in [9.17, 15) is 18.0 Å². The van der Waals surface area contributed by atoms with Gasteiger partial charge in [-0.1, -0.05) is 18.2 Å². The summed E-state index contributed by atoms with van der Waals surface area (Å²) >= 11 is 0. The maximum Gasteiger partial charge on any atom is 0.338 e. The molecule has 2 rings (SSSR count). The van der Waals surface area contributed by atoms with Crippen molar-refractivity contribution in [1.29, 1.82) is 0 Å². The number of methoxy groups -OCH3 is 1. The lowest BCUT2D eigenvalue weighted by atomic mass is 10.1. The van der Waals surface area contributed by atoms with E-state index in [2.05, 4.69) is 5.32 Å². The summed E-state index contributed by atoms with van der Waals surface area (Å²) in [5.41, 5.74) is 1.09. The third kappa shape index (κ3) is 4.82. The Morgan fingerprint density at radius 2 is 1.81 bits per heavy atom. The molecule has 0 aliphatic carbocycles. The van der Waals surface area contributed by atoms with Crippen molar-refractivity contribution in [1.82, 2.24) is 0 Å². The zero-order chi connectivity index (χ0) is 19.3. The van der Waals surface area contributed by atoms with Crippen LogP contribution in [0.1, 0.15) is 15.9 Å². The second kappa shape index (κ2) is 8.01. The first-order chi connectivity index (χ1) is 12.2. The predicted molar refractivity (Wildman–Crippen MR) is 96.2 cm³/mol. The molecule has 2 aromatic rings. The summed E-state index contributed by atoms with van der Waals surface area (Å²) < 4.78 is 33.4. The molecule has 0 saturated heterocycles. The molecule has 0 bridgehead atoms. The normalized spacial score (nSPS) is 10.9. The Morgan fingerprint density at radius 1 is 1.12 bits per heavy atom. The van der Waals surface area contributed by atoms with Crippen molar-refractivity contribution in [3.63, 3.8) is 0 Å². The summed E-state index contributed by atoms with van der Waals surface area (Å²) in [5.74, 6) is -0.841. The number of carbonyl (C=O) groups excluding carboxylic acids is 2. The number of amides is 1. The summed E-state index contributed by atoms with van der Waals surface area (Å²) in [6, 6.07) is 11.0. The highest BCUT2D eigenvalue weighted by Crippen LogP contribution is 2.23. The average molecular weight is 377 g/mol. The largest absolute Gasteiger partial charge is 0.495 e. The van der Waals surface area contributed by atoms with Crippen LogP contribution in [0.25, 0.3) is 0 Å². The predicted octanol–water partition coefficient (Wildman–Crippen LogP) is 2.20. The Hall–Kier alpha value is -2.87. The van der Waals surface area contributed by atoms with E-state index in [0.29, 0.717) is 17.0 Å². The standard InChI is InChI=1S/C18H19NO6S/c1-12-8-9-13(26(3,22)23)10-14(12)18(21)25-11-17(20)19-15-6-4-5-7-16(15)24-2/h4-10H,11H2,1-3H3,(H,19,20). The van der Waals surface area contributed by atoms with Gasteiger partial charge in [-0.05, 0) is 36.8 Å². The van der Waals surface area contributed by atoms with Crippen molar-refractivity contribution in [2.24, 2.45) is 0 Å². The van der Waals surface area contributed by atoms with E-state index in [4.69, 9.17) is 9.47 Å². The fraction of sp³-hybridized carbons (Fsp3) is 0.222. The van der Waals surface area contributed by atoms with Crippen LogP contribution in [-0.4, -0.2) is 40.3 Å². The number of carbonyl (C=O) groups is 2. The number of hydrogen-bond donors (Lipinski definition) is 1. The van der Waals surface area contributed by atoms with Gasteiger partial charge in [-0.15, -0.1) is 0 Å². The molecule has 0 radical (unpaired) electrons. The number of hydrogen-bond acceptors (Lipinski definition) is 6. The number of sulfone groups is 1. The molecular formula is C18H19NO6S. The Balaban J connectivity index is 2.06. The van der Waals surface area contributed by atoms with E-state index in [1.165, 1.54) is 25.3 Å². The molecule has 0 spiro atoms. The van der Waals surface area contributed by atoms with Crippen molar-refractivity contribution >= 4 is 27.4 Å². The molecule has 26 heavy (non-hydrogen) atoms. The zero-order valence-corrected chi connectivity index (χ0v) is 15.4. The van der Waals surface area contributed by atoms with E-state index < -0.39 is 28.3 Å². The minimum Gasteiger partial charge on any atom is -0.495 e. The molecule has 0 saturated carbocycles. The van der Waals surface area contributed by atoms with Crippen LogP contribution >= 0.6 is 0 Å². The molecular weight excluding hydrogens is 358 g/mol. The van der Waals surface area contributed by atoms with E-state index in [0.717, 1.165) is 6.26 Å². The van der Waals surface area contributed by atoms with Crippen LogP contribution in [0.3, 0.4) is 0 Å². The Morgan fingerprint density at radius 3 is 2.46 bits per heavy atom. The van der Waals surface area contributed by atoms with E-state index >= 15 is 0 Å². The lowest BCUT2D eigenvalue weighted by Gasteiger charge is -2.11. The second-order valence-corrected chi connectivity index (χ2v) is 7.59. The minimum absolute atomic E-state index is 0.00789. The van der Waals surface area contributed by atoms with Gasteiger partial charge >= 0.3 is 5.97 Å². The molecule has 1 amide bonds. The second-order valence-electron chi connectivity index (χ2n) is 5.57. The zero-order valence-electron chi connectivity index (χ0n) is 14.6. The third-order valence-corrected chi connectivity index (χ3v) is 4.68. The lowest BCUT2D eigenvalue weighted by Crippen LogP contribution is -2.21. The SMILES string of the molecule is COc1ccccc1NC(=O)COC(=O)c1cc(S(C)(=O)=O)ccc1C. The first kappa shape index (κ1) is 19.5. The van der Waals surface area contributed by atoms with Gasteiger partial charge in [0, 0.05) is 6.26 Å². The summed E-state index contributed by atoms with van der Waals surface area (Å²) in [4.78, 5) is 24.2. The molecule has 2 aromatic carbocycles. The van der Waals surface area contributed by atoms with Crippen LogP contribution in [0.4, 0.5) is 5.69 Å². The van der Waals surface area contributed by atoms with Gasteiger partial charge in [-0.2, -0.15) is 0 Å². The fourth-order valence-electron chi connectivity index (χ4n) is 2.19. The quantitative estimate of drug-likeness (QED) is 0.775. The van der Waals surface area contributed by atoms with Crippen molar-refractivity contribution in [3.8, 4) is 5.75 Å². The van der Waals surface area contributed by atoms with Crippen LogP contribution in [0, 0.1) is 6.92 Å². The number of esters is 1. The first-order valence-corrected chi connectivity index (χ1v) is 9.52. The number of para-hydroxylation sites is 2. The smallest absolute Gasteiger partial charge is 0.338 e. The summed E-state index contributed by atoms with van der Waals surface area (Å²) in [7, 11) is -1.98. The summed E-state index contributed by atoms with van der Waals surface area (Å²) in [6.07, 6.45) is 1.05. The van der Waals surface area contributed by atoms with Crippen LogP contribution in [0.2, 0.25) is 0 Å². The number of anilines is 1. The molecule has 138 valence electrons. The molecule has 0 aliphatic rings. The van der Waals surface area contributed by atoms with Gasteiger partial charge in [-0.25, -0.2) is 13.2 Å². The van der Waals surface area contributed by atoms with Crippen LogP contribution in [-0.2, 0) is 19.4 Å². The van der Waals surface area contributed by atoms with Gasteiger partial charge in [0.05, 0.1) is 23.3 Å². The average Bonchev–Trinajstić information content (AvgIpc) is 2.59. The van der Waals surface area contributed by atoms with Crippen LogP contribution in [0.5, 0.6) is 5.75 Å². The van der Waals surface area contributed by atoms with Crippen molar-refractivity contribution in [3.05, 3.63) is 53.6 Å². The van der Waals surface area contributed by atoms with Crippen molar-refractivity contribution in [2.75, 3.05) is 25.3 Å². The molecule has 0 heterocycles. The highest BCUT2D eigenvalue weighted by Gasteiger charge is 2.17. The molecule has 8 heteroatoms. The Bertz CT molecular complexity index is 936. The molecule has 0 fully saturated rings. The van der Waals surface area contributed by atoms with Gasteiger partial charge in [0.15, 0.2) is 16.4 Å². The molecule has 0 atom stereocenters. The number of rotatable bonds is 6. The van der Waals surface area contributed by atoms with Crippen molar-refractivity contribution in [2.45, 2.75) is 11.8 Å². The molecule has 0 aromatic heterocycles. The number of benzene rings is 2. The Labute approximate surface area is 151 Å². The van der Waals surface area contributed by atoms with E-state index in [1.54, 1.807) is 31.2 Å². The summed E-state index contributed by atoms with van der Waals surface area (Å²) in [6.45, 7) is 1.14. The van der Waals surface area contributed by atoms with Crippen LogP contribution in [0.15, 0.2) is 47.4 Å². The molecule has 1 N–H and O–H groups in total. The lowest BCUT2D eigenvalue weighted by molar-refractivity contribution is -0.119. The molecule has 0 unspecified atom stereocenters. The van der Waals surface area contributed by atoms with Gasteiger partial charge in [0.2, 0.25) is 0 Å². The first-order valence-electron chi connectivity index (χ1n) is 7.63. The van der Waals surface area contributed by atoms with Crippen molar-refractivity contribution < 1.29 is 27.5 Å². The minimum atomic E-state index is -3.46. The van der Waals surface area contributed by atoms with Gasteiger partial charge in [0.25, 0.3) is 5.91 Å². The molecule has 7 nitrogen and oxygen atoms in total. The third-order valence-electron chi connectivity index (χ3n) is 3.57. The highest BCUT2D eigenvalue weighted by atomic mass is 32.2. The Kier molecular flexibility index (Phi) is 5.99. The summed E-state index contributed by atoms with van der Waals surface area (Å²) in [5, 5.41) is 2.58. The maximum absolute atomic E-state index is 12.2. The number of nitrogens with one attached hydrogen (secondary N) is 1. The monoisotopic (exact) mass is 377 g/mol.